The highest BCUT2D eigenvalue weighted by Gasteiger charge is 2.48. The molecule has 4 aliphatic carbocycles. The van der Waals surface area contributed by atoms with E-state index in [1.807, 2.05) is 0 Å². The molecule has 1 aliphatic heterocycles. The van der Waals surface area contributed by atoms with Gasteiger partial charge in [-0.1, -0.05) is 0 Å². The van der Waals surface area contributed by atoms with Gasteiger partial charge in [0.1, 0.15) is 0 Å². The summed E-state index contributed by atoms with van der Waals surface area (Å²) in [4.78, 5) is 2.75. The maximum absolute atomic E-state index is 8.73. The van der Waals surface area contributed by atoms with Crippen LogP contribution in [0.15, 0.2) is 0 Å². The number of hydrogen-bond donors (Lipinski definition) is 0. The van der Waals surface area contributed by atoms with Crippen molar-refractivity contribution in [1.29, 1.82) is 5.26 Å². The maximum Gasteiger partial charge on any atom is 0.0621 e. The van der Waals surface area contributed by atoms with E-state index in [1.54, 1.807) is 32.1 Å². The van der Waals surface area contributed by atoms with Crippen LogP contribution in [0.2, 0.25) is 0 Å². The summed E-state index contributed by atoms with van der Waals surface area (Å²) >= 11 is 0. The number of hydrogen-bond acceptors (Lipinski definition) is 2. The molecule has 5 rings (SSSR count). The molecule has 1 saturated heterocycles. The molecule has 0 amide bonds. The average Bonchev–Trinajstić information content (AvgIpc) is 2.87. The van der Waals surface area contributed by atoms with Gasteiger partial charge < -0.3 is 4.90 Å². The van der Waals surface area contributed by atoms with Crippen molar-refractivity contribution in [2.45, 2.75) is 51.4 Å². The van der Waals surface area contributed by atoms with Crippen molar-refractivity contribution in [3.63, 3.8) is 0 Å². The largest absolute Gasteiger partial charge is 0.303 e. The summed E-state index contributed by atoms with van der Waals surface area (Å²) in [6.07, 6.45) is 11.0. The lowest BCUT2D eigenvalue weighted by Gasteiger charge is -2.55. The minimum absolute atomic E-state index is 0.760. The van der Waals surface area contributed by atoms with Crippen molar-refractivity contribution in [2.24, 2.45) is 35.5 Å². The Balaban J connectivity index is 1.33. The van der Waals surface area contributed by atoms with Crippen LogP contribution in [0.25, 0.3) is 0 Å². The van der Waals surface area contributed by atoms with E-state index in [9.17, 15) is 0 Å². The highest BCUT2D eigenvalue weighted by molar-refractivity contribution is 4.99. The molecule has 1 heterocycles. The van der Waals surface area contributed by atoms with Crippen molar-refractivity contribution in [2.75, 3.05) is 19.6 Å². The highest BCUT2D eigenvalue weighted by atomic mass is 15.1. The first-order valence-corrected chi connectivity index (χ1v) is 8.91. The molecule has 0 spiro atoms. The van der Waals surface area contributed by atoms with Gasteiger partial charge in [0.25, 0.3) is 0 Å². The molecule has 1 unspecified atom stereocenters. The van der Waals surface area contributed by atoms with E-state index in [4.69, 9.17) is 5.26 Å². The van der Waals surface area contributed by atoms with Gasteiger partial charge in [0, 0.05) is 19.5 Å². The summed E-state index contributed by atoms with van der Waals surface area (Å²) in [6.45, 7) is 3.97. The molecule has 2 heteroatoms. The normalized spacial score (nSPS) is 46.8. The lowest BCUT2D eigenvalue weighted by atomic mass is 9.52. The standard InChI is InChI=1S/C18H28N2/c19-4-1-2-13-3-5-20(11-13)12-18-16-7-14-6-15(9-16)10-17(18)8-14/h13-18H,1-3,5-12H2. The van der Waals surface area contributed by atoms with Crippen molar-refractivity contribution in [3.05, 3.63) is 0 Å². The van der Waals surface area contributed by atoms with Crippen LogP contribution in [0, 0.1) is 46.8 Å². The van der Waals surface area contributed by atoms with Gasteiger partial charge in [-0.2, -0.15) is 5.26 Å². The van der Waals surface area contributed by atoms with Gasteiger partial charge in [-0.05, 0) is 87.0 Å². The van der Waals surface area contributed by atoms with E-state index in [-0.39, 0.29) is 0 Å². The van der Waals surface area contributed by atoms with Crippen LogP contribution in [-0.2, 0) is 0 Å². The zero-order valence-electron chi connectivity index (χ0n) is 12.6. The van der Waals surface area contributed by atoms with Gasteiger partial charge in [0.2, 0.25) is 0 Å². The summed E-state index contributed by atoms with van der Waals surface area (Å²) in [5.74, 6) is 6.20. The smallest absolute Gasteiger partial charge is 0.0621 e. The zero-order valence-corrected chi connectivity index (χ0v) is 12.6. The molecule has 5 fully saturated rings. The molecule has 5 aliphatic rings. The molecule has 0 N–H and O–H groups in total. The topological polar surface area (TPSA) is 27.0 Å². The lowest BCUT2D eigenvalue weighted by molar-refractivity contribution is -0.0472. The molecule has 0 aromatic carbocycles. The third kappa shape index (κ3) is 2.39. The second kappa shape index (κ2) is 5.34. The quantitative estimate of drug-likeness (QED) is 0.780. The molecular weight excluding hydrogens is 244 g/mol. The van der Waals surface area contributed by atoms with Gasteiger partial charge in [0.05, 0.1) is 6.07 Å². The SMILES string of the molecule is N#CCCC1CCN(CC2C3CC4CC(C3)CC2C4)C1. The third-order valence-corrected chi connectivity index (χ3v) is 6.93. The Labute approximate surface area is 123 Å². The van der Waals surface area contributed by atoms with E-state index in [0.29, 0.717) is 0 Å². The minimum Gasteiger partial charge on any atom is -0.303 e. The molecule has 0 radical (unpaired) electrons. The van der Waals surface area contributed by atoms with Crippen LogP contribution in [0.3, 0.4) is 0 Å². The van der Waals surface area contributed by atoms with Gasteiger partial charge in [-0.3, -0.25) is 0 Å². The first-order valence-electron chi connectivity index (χ1n) is 8.91. The molecule has 1 atom stereocenters. The predicted octanol–water partition coefficient (Wildman–Crippen LogP) is 3.68. The van der Waals surface area contributed by atoms with Gasteiger partial charge in [0.15, 0.2) is 0 Å². The summed E-state index contributed by atoms with van der Waals surface area (Å²) < 4.78 is 0. The van der Waals surface area contributed by atoms with Crippen molar-refractivity contribution < 1.29 is 0 Å². The Morgan fingerprint density at radius 3 is 2.35 bits per heavy atom. The van der Waals surface area contributed by atoms with E-state index in [2.05, 4.69) is 11.0 Å². The number of rotatable bonds is 4. The Morgan fingerprint density at radius 1 is 1.00 bits per heavy atom. The summed E-state index contributed by atoms with van der Waals surface area (Å²) in [5.41, 5.74) is 0. The predicted molar refractivity (Wildman–Crippen MR) is 79.9 cm³/mol. The Hall–Kier alpha value is -0.550. The first-order chi connectivity index (χ1) is 9.81. The monoisotopic (exact) mass is 272 g/mol. The molecule has 4 saturated carbocycles. The van der Waals surface area contributed by atoms with E-state index >= 15 is 0 Å². The third-order valence-electron chi connectivity index (χ3n) is 6.93. The summed E-state index contributed by atoms with van der Waals surface area (Å²) in [7, 11) is 0. The van der Waals surface area contributed by atoms with Crippen LogP contribution in [0.4, 0.5) is 0 Å². The van der Waals surface area contributed by atoms with Gasteiger partial charge in [-0.15, -0.1) is 0 Å². The highest BCUT2D eigenvalue weighted by Crippen LogP contribution is 2.56. The Kier molecular flexibility index (Phi) is 3.50. The summed E-state index contributed by atoms with van der Waals surface area (Å²) in [6, 6.07) is 2.31. The van der Waals surface area contributed by atoms with Crippen LogP contribution >= 0.6 is 0 Å². The average molecular weight is 272 g/mol. The van der Waals surface area contributed by atoms with Crippen molar-refractivity contribution >= 4 is 0 Å². The van der Waals surface area contributed by atoms with E-state index in [0.717, 1.165) is 48.3 Å². The number of nitriles is 1. The fourth-order valence-electron chi connectivity index (χ4n) is 6.22. The Morgan fingerprint density at radius 2 is 1.70 bits per heavy atom. The maximum atomic E-state index is 8.73. The lowest BCUT2D eigenvalue weighted by Crippen LogP contribution is -2.48. The van der Waals surface area contributed by atoms with Crippen LogP contribution in [0.1, 0.15) is 51.4 Å². The fourth-order valence-corrected chi connectivity index (χ4v) is 6.22. The molecule has 0 aromatic rings. The van der Waals surface area contributed by atoms with Crippen LogP contribution < -0.4 is 0 Å². The minimum atomic E-state index is 0.760. The molecular formula is C18H28N2. The van der Waals surface area contributed by atoms with Gasteiger partial charge in [-0.25, -0.2) is 0 Å². The summed E-state index contributed by atoms with van der Waals surface area (Å²) in [5, 5.41) is 8.73. The van der Waals surface area contributed by atoms with Crippen molar-refractivity contribution in [1.82, 2.24) is 4.90 Å². The fraction of sp³-hybridized carbons (Fsp3) is 0.944. The zero-order chi connectivity index (χ0) is 13.5. The number of nitrogens with zero attached hydrogens (tertiary/aromatic N) is 2. The van der Waals surface area contributed by atoms with Gasteiger partial charge >= 0.3 is 0 Å². The number of likely N-dealkylation sites (tertiary alicyclic amines) is 1. The molecule has 4 bridgehead atoms. The molecule has 110 valence electrons. The van der Waals surface area contributed by atoms with Crippen LogP contribution in [0.5, 0.6) is 0 Å². The van der Waals surface area contributed by atoms with E-state index in [1.165, 1.54) is 26.1 Å². The Bertz CT molecular complexity index is 369. The van der Waals surface area contributed by atoms with E-state index < -0.39 is 0 Å². The molecule has 0 aromatic heterocycles. The second-order valence-corrected chi connectivity index (χ2v) is 8.21. The second-order valence-electron chi connectivity index (χ2n) is 8.21. The van der Waals surface area contributed by atoms with Crippen molar-refractivity contribution in [3.8, 4) is 6.07 Å². The first kappa shape index (κ1) is 13.1. The molecule has 2 nitrogen and oxygen atoms in total. The van der Waals surface area contributed by atoms with Crippen LogP contribution in [-0.4, -0.2) is 24.5 Å². The molecule has 20 heavy (non-hydrogen) atoms.